The monoisotopic (exact) mass is 334 g/mol. The van der Waals surface area contributed by atoms with Gasteiger partial charge in [-0.3, -0.25) is 4.79 Å². The van der Waals surface area contributed by atoms with E-state index in [1.165, 1.54) is 30.3 Å². The molecule has 0 fully saturated rings. The van der Waals surface area contributed by atoms with E-state index in [9.17, 15) is 18.0 Å². The van der Waals surface area contributed by atoms with Gasteiger partial charge in [0.15, 0.2) is 0 Å². The summed E-state index contributed by atoms with van der Waals surface area (Å²) in [4.78, 5) is 23.0. The number of sulfonamides is 1. The molecular formula is C15H14N2O5S. The molecule has 0 aliphatic rings. The summed E-state index contributed by atoms with van der Waals surface area (Å²) in [6, 6.07) is 11.6. The number of primary sulfonamides is 1. The molecule has 2 rings (SSSR count). The molecule has 120 valence electrons. The highest BCUT2D eigenvalue weighted by atomic mass is 32.2. The van der Waals surface area contributed by atoms with Crippen molar-refractivity contribution >= 4 is 27.6 Å². The Morgan fingerprint density at radius 3 is 2.22 bits per heavy atom. The zero-order valence-corrected chi connectivity index (χ0v) is 12.7. The standard InChI is InChI=1S/C15H14N2O5S/c16-23(21,22)12-7-5-11(6-8-12)17-14(18)9-10-3-1-2-4-13(10)15(19)20/h1-8H,9H2,(H,17,18)(H,19,20)(H2,16,21,22). The summed E-state index contributed by atoms with van der Waals surface area (Å²) < 4.78 is 22.3. The number of aromatic carboxylic acids is 1. The third-order valence-corrected chi connectivity index (χ3v) is 3.99. The molecule has 0 spiro atoms. The molecule has 0 aromatic heterocycles. The lowest BCUT2D eigenvalue weighted by atomic mass is 10.0. The highest BCUT2D eigenvalue weighted by Gasteiger charge is 2.13. The van der Waals surface area contributed by atoms with Gasteiger partial charge in [0.2, 0.25) is 15.9 Å². The molecular weight excluding hydrogens is 320 g/mol. The molecule has 0 bridgehead atoms. The maximum Gasteiger partial charge on any atom is 0.335 e. The number of hydrogen-bond acceptors (Lipinski definition) is 4. The van der Waals surface area contributed by atoms with E-state index in [4.69, 9.17) is 10.2 Å². The van der Waals surface area contributed by atoms with Gasteiger partial charge in [0.25, 0.3) is 0 Å². The van der Waals surface area contributed by atoms with E-state index in [0.29, 0.717) is 11.3 Å². The van der Waals surface area contributed by atoms with Crippen LogP contribution >= 0.6 is 0 Å². The van der Waals surface area contributed by atoms with Crippen molar-refractivity contribution in [3.05, 3.63) is 59.7 Å². The predicted octanol–water partition coefficient (Wildman–Crippen LogP) is 1.21. The summed E-state index contributed by atoms with van der Waals surface area (Å²) >= 11 is 0. The summed E-state index contributed by atoms with van der Waals surface area (Å²) in [6.07, 6.45) is -0.112. The van der Waals surface area contributed by atoms with E-state index in [1.54, 1.807) is 18.2 Å². The summed E-state index contributed by atoms with van der Waals surface area (Å²) in [5.41, 5.74) is 0.834. The van der Waals surface area contributed by atoms with Gasteiger partial charge in [-0.1, -0.05) is 18.2 Å². The maximum atomic E-state index is 12.0. The van der Waals surface area contributed by atoms with E-state index < -0.39 is 21.9 Å². The summed E-state index contributed by atoms with van der Waals surface area (Å²) in [7, 11) is -3.79. The number of hydrogen-bond donors (Lipinski definition) is 3. The van der Waals surface area contributed by atoms with Crippen LogP contribution in [-0.2, 0) is 21.2 Å². The number of carboxylic acids is 1. The van der Waals surface area contributed by atoms with Crippen LogP contribution in [0.3, 0.4) is 0 Å². The lowest BCUT2D eigenvalue weighted by Crippen LogP contribution is -2.17. The summed E-state index contributed by atoms with van der Waals surface area (Å²) in [5, 5.41) is 16.6. The second-order valence-corrected chi connectivity index (χ2v) is 6.32. The first-order valence-corrected chi connectivity index (χ1v) is 8.06. The molecule has 0 aliphatic heterocycles. The number of carbonyl (C=O) groups is 2. The van der Waals surface area contributed by atoms with E-state index >= 15 is 0 Å². The van der Waals surface area contributed by atoms with Gasteiger partial charge >= 0.3 is 5.97 Å². The van der Waals surface area contributed by atoms with Gasteiger partial charge in [-0.05, 0) is 35.9 Å². The number of carbonyl (C=O) groups excluding carboxylic acids is 1. The SMILES string of the molecule is NS(=O)(=O)c1ccc(NC(=O)Cc2ccccc2C(=O)O)cc1. The average molecular weight is 334 g/mol. The second kappa shape index (κ2) is 6.59. The van der Waals surface area contributed by atoms with Crippen LogP contribution in [0.1, 0.15) is 15.9 Å². The van der Waals surface area contributed by atoms with Gasteiger partial charge in [-0.25, -0.2) is 18.4 Å². The van der Waals surface area contributed by atoms with Crippen molar-refractivity contribution in [2.75, 3.05) is 5.32 Å². The van der Waals surface area contributed by atoms with Crippen molar-refractivity contribution in [3.63, 3.8) is 0 Å². The predicted molar refractivity (Wildman–Crippen MR) is 83.6 cm³/mol. The van der Waals surface area contributed by atoms with Crippen molar-refractivity contribution in [2.24, 2.45) is 5.14 Å². The fourth-order valence-corrected chi connectivity index (χ4v) is 2.50. The van der Waals surface area contributed by atoms with Crippen molar-refractivity contribution in [1.29, 1.82) is 0 Å². The number of nitrogens with two attached hydrogens (primary N) is 1. The van der Waals surface area contributed by atoms with Crippen LogP contribution in [-0.4, -0.2) is 25.4 Å². The molecule has 0 unspecified atom stereocenters. The first-order valence-electron chi connectivity index (χ1n) is 6.51. The van der Waals surface area contributed by atoms with Crippen LogP contribution in [0.25, 0.3) is 0 Å². The molecule has 1 amide bonds. The Morgan fingerprint density at radius 1 is 1.04 bits per heavy atom. The second-order valence-electron chi connectivity index (χ2n) is 4.76. The van der Waals surface area contributed by atoms with Crippen LogP contribution in [0.4, 0.5) is 5.69 Å². The smallest absolute Gasteiger partial charge is 0.335 e. The first kappa shape index (κ1) is 16.7. The zero-order valence-electron chi connectivity index (χ0n) is 11.9. The molecule has 0 radical (unpaired) electrons. The molecule has 0 saturated carbocycles. The number of anilines is 1. The molecule has 2 aromatic carbocycles. The fourth-order valence-electron chi connectivity index (χ4n) is 1.99. The minimum atomic E-state index is -3.79. The van der Waals surface area contributed by atoms with Crippen LogP contribution in [0.2, 0.25) is 0 Å². The molecule has 23 heavy (non-hydrogen) atoms. The lowest BCUT2D eigenvalue weighted by Gasteiger charge is -2.08. The van der Waals surface area contributed by atoms with E-state index in [1.807, 2.05) is 0 Å². The maximum absolute atomic E-state index is 12.0. The number of nitrogens with one attached hydrogen (secondary N) is 1. The summed E-state index contributed by atoms with van der Waals surface area (Å²) in [6.45, 7) is 0. The Balaban J connectivity index is 2.10. The quantitative estimate of drug-likeness (QED) is 0.757. The fraction of sp³-hybridized carbons (Fsp3) is 0.0667. The number of rotatable bonds is 5. The average Bonchev–Trinajstić information content (AvgIpc) is 2.47. The van der Waals surface area contributed by atoms with Crippen molar-refractivity contribution in [3.8, 4) is 0 Å². The third-order valence-electron chi connectivity index (χ3n) is 3.07. The molecule has 0 aliphatic carbocycles. The Bertz CT molecular complexity index is 844. The Labute approximate surface area is 132 Å². The minimum Gasteiger partial charge on any atom is -0.478 e. The Morgan fingerprint density at radius 2 is 1.65 bits per heavy atom. The Hall–Kier alpha value is -2.71. The minimum absolute atomic E-state index is 0.0622. The van der Waals surface area contributed by atoms with Gasteiger partial charge < -0.3 is 10.4 Å². The number of carboxylic acid groups (broad SMARTS) is 1. The number of amides is 1. The highest BCUT2D eigenvalue weighted by molar-refractivity contribution is 7.89. The largest absolute Gasteiger partial charge is 0.478 e. The molecule has 4 N–H and O–H groups in total. The van der Waals surface area contributed by atoms with Gasteiger partial charge in [0, 0.05) is 5.69 Å². The molecule has 2 aromatic rings. The van der Waals surface area contributed by atoms with E-state index in [2.05, 4.69) is 5.32 Å². The van der Waals surface area contributed by atoms with E-state index in [0.717, 1.165) is 0 Å². The topological polar surface area (TPSA) is 127 Å². The molecule has 7 nitrogen and oxygen atoms in total. The van der Waals surface area contributed by atoms with Gasteiger partial charge in [0.05, 0.1) is 16.9 Å². The highest BCUT2D eigenvalue weighted by Crippen LogP contribution is 2.14. The summed E-state index contributed by atoms with van der Waals surface area (Å²) in [5.74, 6) is -1.52. The van der Waals surface area contributed by atoms with Crippen LogP contribution in [0.15, 0.2) is 53.4 Å². The van der Waals surface area contributed by atoms with Gasteiger partial charge in [-0.15, -0.1) is 0 Å². The zero-order chi connectivity index (χ0) is 17.0. The van der Waals surface area contributed by atoms with Crippen molar-refractivity contribution in [2.45, 2.75) is 11.3 Å². The lowest BCUT2D eigenvalue weighted by molar-refractivity contribution is -0.115. The van der Waals surface area contributed by atoms with Crippen LogP contribution in [0.5, 0.6) is 0 Å². The third kappa shape index (κ3) is 4.38. The molecule has 0 heterocycles. The van der Waals surface area contributed by atoms with Gasteiger partial charge in [-0.2, -0.15) is 0 Å². The van der Waals surface area contributed by atoms with Crippen LogP contribution in [0, 0.1) is 0 Å². The number of benzene rings is 2. The first-order chi connectivity index (χ1) is 10.8. The molecule has 8 heteroatoms. The van der Waals surface area contributed by atoms with Crippen LogP contribution < -0.4 is 10.5 Å². The van der Waals surface area contributed by atoms with Crippen molar-refractivity contribution < 1.29 is 23.1 Å². The van der Waals surface area contributed by atoms with Gasteiger partial charge in [0.1, 0.15) is 0 Å². The normalized spacial score (nSPS) is 11.0. The van der Waals surface area contributed by atoms with Crippen molar-refractivity contribution in [1.82, 2.24) is 0 Å². The molecule has 0 saturated heterocycles. The van der Waals surface area contributed by atoms with E-state index in [-0.39, 0.29) is 16.9 Å². The Kier molecular flexibility index (Phi) is 4.77. The molecule has 0 atom stereocenters.